The summed E-state index contributed by atoms with van der Waals surface area (Å²) in [5.41, 5.74) is 8.90. The Hall–Kier alpha value is -3.41. The average molecular weight is 320 g/mol. The van der Waals surface area contributed by atoms with Crippen LogP contribution in [0.25, 0.3) is 16.9 Å². The van der Waals surface area contributed by atoms with Gasteiger partial charge in [0.2, 0.25) is 5.88 Å². The number of benzene rings is 2. The van der Waals surface area contributed by atoms with Crippen LogP contribution >= 0.6 is 0 Å². The van der Waals surface area contributed by atoms with Gasteiger partial charge in [0, 0.05) is 17.3 Å². The number of fused-ring (bicyclic) bond motifs is 1. The van der Waals surface area contributed by atoms with Gasteiger partial charge in [0.15, 0.2) is 5.65 Å². The summed E-state index contributed by atoms with van der Waals surface area (Å²) in [5.74, 6) is 0.590. The molecule has 0 saturated heterocycles. The number of hydrogen-bond donors (Lipinski definition) is 1. The van der Waals surface area contributed by atoms with Crippen molar-refractivity contribution in [3.05, 3.63) is 72.7 Å². The number of imidazole rings is 1. The quantitative estimate of drug-likeness (QED) is 0.581. The topological polar surface area (TPSA) is 65.4 Å². The number of nitrogens with two attached hydrogens (primary N) is 1. The highest BCUT2D eigenvalue weighted by molar-refractivity contribution is 5.65. The highest BCUT2D eigenvalue weighted by Crippen LogP contribution is 2.24. The fourth-order valence-corrected chi connectivity index (χ4v) is 2.39. The minimum absolute atomic E-state index is 0.314. The third-order valence-corrected chi connectivity index (χ3v) is 3.58. The van der Waals surface area contributed by atoms with Crippen LogP contribution in [0.3, 0.4) is 0 Å². The third kappa shape index (κ3) is 2.65. The normalized spacial score (nSPS) is 10.9. The van der Waals surface area contributed by atoms with Gasteiger partial charge in [-0.1, -0.05) is 12.1 Å². The molecule has 0 aliphatic heterocycles. The van der Waals surface area contributed by atoms with Crippen molar-refractivity contribution in [3.8, 4) is 22.9 Å². The van der Waals surface area contributed by atoms with Gasteiger partial charge < -0.3 is 10.5 Å². The zero-order chi connectivity index (χ0) is 16.5. The van der Waals surface area contributed by atoms with Gasteiger partial charge in [-0.2, -0.15) is 0 Å². The van der Waals surface area contributed by atoms with Crippen LogP contribution in [-0.2, 0) is 0 Å². The van der Waals surface area contributed by atoms with E-state index in [1.165, 1.54) is 12.1 Å². The molecule has 2 N–H and O–H groups in total. The standard InChI is InChI=1S/C18H13FN4O/c19-13-3-7-15(8-4-13)24-18-10-9-17-21-11-16(23(17)22-18)12-1-5-14(20)6-2-12/h1-11H,20H2. The Kier molecular flexibility index (Phi) is 3.35. The molecule has 5 nitrogen and oxygen atoms in total. The molecule has 118 valence electrons. The lowest BCUT2D eigenvalue weighted by atomic mass is 10.1. The van der Waals surface area contributed by atoms with Crippen LogP contribution in [0.4, 0.5) is 10.1 Å². The number of nitrogen functional groups attached to an aromatic ring is 1. The summed E-state index contributed by atoms with van der Waals surface area (Å²) in [5, 5.41) is 4.46. The molecule has 0 atom stereocenters. The predicted molar refractivity (Wildman–Crippen MR) is 89.3 cm³/mol. The van der Waals surface area contributed by atoms with E-state index in [4.69, 9.17) is 10.5 Å². The largest absolute Gasteiger partial charge is 0.438 e. The number of aromatic nitrogens is 3. The van der Waals surface area contributed by atoms with E-state index in [1.54, 1.807) is 28.9 Å². The molecule has 0 amide bonds. The second kappa shape index (κ2) is 5.66. The number of nitrogens with zero attached hydrogens (tertiary/aromatic N) is 3. The second-order valence-corrected chi connectivity index (χ2v) is 5.26. The van der Waals surface area contributed by atoms with Crippen molar-refractivity contribution >= 4 is 11.3 Å². The van der Waals surface area contributed by atoms with E-state index >= 15 is 0 Å². The van der Waals surface area contributed by atoms with Crippen molar-refractivity contribution in [2.75, 3.05) is 5.73 Å². The Bertz CT molecular complexity index is 994. The number of hydrogen-bond acceptors (Lipinski definition) is 4. The van der Waals surface area contributed by atoms with Crippen LogP contribution in [0.5, 0.6) is 11.6 Å². The molecule has 0 radical (unpaired) electrons. The van der Waals surface area contributed by atoms with Gasteiger partial charge in [0.25, 0.3) is 0 Å². The molecule has 0 spiro atoms. The summed E-state index contributed by atoms with van der Waals surface area (Å²) in [6.07, 6.45) is 1.75. The molecule has 0 aliphatic carbocycles. The van der Waals surface area contributed by atoms with E-state index in [0.29, 0.717) is 23.0 Å². The molecule has 0 fully saturated rings. The van der Waals surface area contributed by atoms with Gasteiger partial charge in [0.05, 0.1) is 11.9 Å². The van der Waals surface area contributed by atoms with E-state index in [1.807, 2.05) is 30.3 Å². The molecule has 2 aromatic heterocycles. The zero-order valence-electron chi connectivity index (χ0n) is 12.6. The highest BCUT2D eigenvalue weighted by Gasteiger charge is 2.09. The van der Waals surface area contributed by atoms with E-state index in [0.717, 1.165) is 11.3 Å². The van der Waals surface area contributed by atoms with Crippen molar-refractivity contribution in [1.29, 1.82) is 0 Å². The van der Waals surface area contributed by atoms with Crippen LogP contribution in [0.1, 0.15) is 0 Å². The van der Waals surface area contributed by atoms with Gasteiger partial charge >= 0.3 is 0 Å². The number of ether oxygens (including phenoxy) is 1. The average Bonchev–Trinajstić information content (AvgIpc) is 3.01. The summed E-state index contributed by atoms with van der Waals surface area (Å²) in [4.78, 5) is 4.34. The van der Waals surface area contributed by atoms with Crippen molar-refractivity contribution in [1.82, 2.24) is 14.6 Å². The molecule has 0 bridgehead atoms. The van der Waals surface area contributed by atoms with Gasteiger partial charge in [0.1, 0.15) is 11.6 Å². The lowest BCUT2D eigenvalue weighted by Crippen LogP contribution is -1.97. The summed E-state index contributed by atoms with van der Waals surface area (Å²) < 4.78 is 20.3. The minimum Gasteiger partial charge on any atom is -0.438 e. The number of halogens is 1. The molecule has 6 heteroatoms. The third-order valence-electron chi connectivity index (χ3n) is 3.58. The summed E-state index contributed by atoms with van der Waals surface area (Å²) in [6, 6.07) is 16.8. The van der Waals surface area contributed by atoms with Crippen LogP contribution in [0, 0.1) is 5.82 Å². The Morgan fingerprint density at radius 2 is 1.67 bits per heavy atom. The highest BCUT2D eigenvalue weighted by atomic mass is 19.1. The molecule has 0 saturated carbocycles. The summed E-state index contributed by atoms with van der Waals surface area (Å²) >= 11 is 0. The van der Waals surface area contributed by atoms with Gasteiger partial charge in [-0.25, -0.2) is 13.9 Å². The first-order valence-corrected chi connectivity index (χ1v) is 7.33. The minimum atomic E-state index is -0.314. The lowest BCUT2D eigenvalue weighted by molar-refractivity contribution is 0.451. The van der Waals surface area contributed by atoms with Crippen LogP contribution in [-0.4, -0.2) is 14.6 Å². The molecule has 2 heterocycles. The maximum absolute atomic E-state index is 13.0. The second-order valence-electron chi connectivity index (χ2n) is 5.26. The maximum Gasteiger partial charge on any atom is 0.237 e. The van der Waals surface area contributed by atoms with Gasteiger partial charge in [-0.3, -0.25) is 0 Å². The molecule has 0 aliphatic rings. The van der Waals surface area contributed by atoms with E-state index in [-0.39, 0.29) is 5.82 Å². The van der Waals surface area contributed by atoms with Gasteiger partial charge in [-0.15, -0.1) is 5.10 Å². The molecule has 24 heavy (non-hydrogen) atoms. The van der Waals surface area contributed by atoms with Gasteiger partial charge in [-0.05, 0) is 42.5 Å². The molecule has 2 aromatic carbocycles. The first-order valence-electron chi connectivity index (χ1n) is 7.33. The Morgan fingerprint density at radius 1 is 0.917 bits per heavy atom. The summed E-state index contributed by atoms with van der Waals surface area (Å²) in [6.45, 7) is 0. The van der Waals surface area contributed by atoms with E-state index in [2.05, 4.69) is 10.1 Å². The predicted octanol–water partition coefficient (Wildman–Crippen LogP) is 3.91. The maximum atomic E-state index is 13.0. The fourth-order valence-electron chi connectivity index (χ4n) is 2.39. The van der Waals surface area contributed by atoms with Crippen molar-refractivity contribution in [2.24, 2.45) is 0 Å². The molecular weight excluding hydrogens is 307 g/mol. The SMILES string of the molecule is Nc1ccc(-c2cnc3ccc(Oc4ccc(F)cc4)nn23)cc1. The zero-order valence-corrected chi connectivity index (χ0v) is 12.6. The van der Waals surface area contributed by atoms with Crippen LogP contribution in [0.15, 0.2) is 66.9 Å². The van der Waals surface area contributed by atoms with E-state index in [9.17, 15) is 4.39 Å². The molecule has 4 rings (SSSR count). The molecule has 4 aromatic rings. The van der Waals surface area contributed by atoms with Crippen molar-refractivity contribution < 1.29 is 9.13 Å². The Balaban J connectivity index is 1.72. The van der Waals surface area contributed by atoms with Crippen LogP contribution in [0.2, 0.25) is 0 Å². The fraction of sp³-hybridized carbons (Fsp3) is 0. The molecule has 0 unspecified atom stereocenters. The van der Waals surface area contributed by atoms with Crippen molar-refractivity contribution in [2.45, 2.75) is 0 Å². The number of rotatable bonds is 3. The first kappa shape index (κ1) is 14.2. The molecular formula is C18H13FN4O. The van der Waals surface area contributed by atoms with Crippen molar-refractivity contribution in [3.63, 3.8) is 0 Å². The number of anilines is 1. The summed E-state index contributed by atoms with van der Waals surface area (Å²) in [7, 11) is 0. The lowest BCUT2D eigenvalue weighted by Gasteiger charge is -2.06. The Labute approximate surface area is 137 Å². The first-order chi connectivity index (χ1) is 11.7. The monoisotopic (exact) mass is 320 g/mol. The van der Waals surface area contributed by atoms with E-state index < -0.39 is 0 Å². The van der Waals surface area contributed by atoms with Crippen LogP contribution < -0.4 is 10.5 Å². The smallest absolute Gasteiger partial charge is 0.237 e. The Morgan fingerprint density at radius 3 is 2.42 bits per heavy atom.